The molecule has 0 unspecified atom stereocenters. The first-order valence-electron chi connectivity index (χ1n) is 9.26. The van der Waals surface area contributed by atoms with Gasteiger partial charge in [-0.2, -0.15) is 0 Å². The van der Waals surface area contributed by atoms with Crippen molar-refractivity contribution in [1.82, 2.24) is 0 Å². The second-order valence-electron chi connectivity index (χ2n) is 7.71. The molecular formula is C24H23BrO4. The second-order valence-corrected chi connectivity index (χ2v) is 8.50. The summed E-state index contributed by atoms with van der Waals surface area (Å²) in [6.45, 7) is 6.67. The van der Waals surface area contributed by atoms with Gasteiger partial charge in [0.2, 0.25) is 0 Å². The highest BCUT2D eigenvalue weighted by molar-refractivity contribution is 9.10. The fourth-order valence-corrected chi connectivity index (χ4v) is 3.89. The molecule has 150 valence electrons. The summed E-state index contributed by atoms with van der Waals surface area (Å²) in [6.07, 6.45) is 0. The van der Waals surface area contributed by atoms with Gasteiger partial charge in [-0.15, -0.1) is 0 Å². The van der Waals surface area contributed by atoms with E-state index >= 15 is 0 Å². The van der Waals surface area contributed by atoms with E-state index in [1.807, 2.05) is 36.4 Å². The molecule has 0 spiro atoms. The highest BCUT2D eigenvalue weighted by Gasteiger charge is 2.24. The van der Waals surface area contributed by atoms with Crippen molar-refractivity contribution in [3.63, 3.8) is 0 Å². The molecule has 3 rings (SSSR count). The Hall–Kier alpha value is -2.79. The molecule has 5 heteroatoms. The molecule has 0 aliphatic carbocycles. The maximum atomic E-state index is 11.7. The molecule has 0 aromatic heterocycles. The van der Waals surface area contributed by atoms with Gasteiger partial charge in [0, 0.05) is 0 Å². The largest absolute Gasteiger partial charge is 0.489 e. The van der Waals surface area contributed by atoms with Crippen molar-refractivity contribution in [2.75, 3.05) is 0 Å². The minimum absolute atomic E-state index is 0.106. The molecule has 29 heavy (non-hydrogen) atoms. The van der Waals surface area contributed by atoms with E-state index in [0.29, 0.717) is 28.3 Å². The summed E-state index contributed by atoms with van der Waals surface area (Å²) in [5.74, 6) is 0.500. The van der Waals surface area contributed by atoms with Gasteiger partial charge in [0.05, 0.1) is 4.47 Å². The lowest BCUT2D eigenvalue weighted by Gasteiger charge is -2.23. The number of carboxylic acids is 1. The molecule has 1 N–H and O–H groups in total. The quantitative estimate of drug-likeness (QED) is 0.443. The third-order valence-corrected chi connectivity index (χ3v) is 5.21. The van der Waals surface area contributed by atoms with E-state index in [1.165, 1.54) is 0 Å². The van der Waals surface area contributed by atoms with E-state index < -0.39 is 5.97 Å². The minimum Gasteiger partial charge on any atom is -0.489 e. The summed E-state index contributed by atoms with van der Waals surface area (Å²) in [6, 6.07) is 20.5. The maximum absolute atomic E-state index is 11.7. The lowest BCUT2D eigenvalue weighted by molar-refractivity contribution is 0.0694. The Balaban J connectivity index is 1.81. The average Bonchev–Trinajstić information content (AvgIpc) is 2.68. The van der Waals surface area contributed by atoms with E-state index in [4.69, 9.17) is 9.47 Å². The number of rotatable bonds is 6. The molecule has 3 aromatic rings. The van der Waals surface area contributed by atoms with Crippen LogP contribution in [0.5, 0.6) is 17.2 Å². The van der Waals surface area contributed by atoms with Crippen LogP contribution >= 0.6 is 15.9 Å². The number of halogens is 1. The van der Waals surface area contributed by atoms with Crippen molar-refractivity contribution in [3.8, 4) is 17.2 Å². The first-order valence-corrected chi connectivity index (χ1v) is 10.1. The van der Waals surface area contributed by atoms with Gasteiger partial charge < -0.3 is 14.6 Å². The summed E-state index contributed by atoms with van der Waals surface area (Å²) in [5.41, 5.74) is 2.00. The van der Waals surface area contributed by atoms with Gasteiger partial charge in [-0.1, -0.05) is 57.2 Å². The van der Waals surface area contributed by atoms with Crippen molar-refractivity contribution in [1.29, 1.82) is 0 Å². The van der Waals surface area contributed by atoms with Gasteiger partial charge in [0.1, 0.15) is 23.7 Å². The predicted molar refractivity (Wildman–Crippen MR) is 117 cm³/mol. The molecule has 0 aliphatic rings. The molecule has 0 saturated carbocycles. The zero-order valence-corrected chi connectivity index (χ0v) is 18.2. The van der Waals surface area contributed by atoms with Crippen LogP contribution in [0.3, 0.4) is 0 Å². The summed E-state index contributed by atoms with van der Waals surface area (Å²) in [5, 5.41) is 9.56. The molecule has 0 radical (unpaired) electrons. The highest BCUT2D eigenvalue weighted by Crippen LogP contribution is 2.40. The van der Waals surface area contributed by atoms with E-state index in [0.717, 1.165) is 11.1 Å². The molecule has 0 fully saturated rings. The van der Waals surface area contributed by atoms with Crippen LogP contribution in [0.4, 0.5) is 0 Å². The normalized spacial score (nSPS) is 11.2. The van der Waals surface area contributed by atoms with Crippen molar-refractivity contribution in [2.45, 2.75) is 32.8 Å². The summed E-state index contributed by atoms with van der Waals surface area (Å²) < 4.78 is 12.4. The first-order chi connectivity index (χ1) is 13.8. The van der Waals surface area contributed by atoms with Crippen molar-refractivity contribution in [3.05, 3.63) is 87.9 Å². The number of carboxylic acid groups (broad SMARTS) is 1. The number of hydrogen-bond acceptors (Lipinski definition) is 3. The number of hydrogen-bond donors (Lipinski definition) is 1. The lowest BCUT2D eigenvalue weighted by Crippen LogP contribution is -2.13. The standard InChI is InChI=1S/C24H23BrO4/c1-24(2,3)20-14-13-19(23(26)27)22(21(20)25)29-18-11-9-17(10-12-18)28-15-16-7-5-4-6-8-16/h4-14H,15H2,1-3H3,(H,26,27). The molecule has 3 aromatic carbocycles. The Morgan fingerprint density at radius 3 is 2.14 bits per heavy atom. The van der Waals surface area contributed by atoms with Crippen molar-refractivity contribution in [2.24, 2.45) is 0 Å². The van der Waals surface area contributed by atoms with E-state index in [9.17, 15) is 9.90 Å². The van der Waals surface area contributed by atoms with E-state index in [-0.39, 0.29) is 11.0 Å². The fraction of sp³-hybridized carbons (Fsp3) is 0.208. The van der Waals surface area contributed by atoms with Gasteiger partial charge in [0.25, 0.3) is 0 Å². The predicted octanol–water partition coefficient (Wildman–Crippen LogP) is 6.82. The number of aromatic carboxylic acids is 1. The fourth-order valence-electron chi connectivity index (χ4n) is 2.87. The Morgan fingerprint density at radius 2 is 1.55 bits per heavy atom. The molecule has 0 bridgehead atoms. The van der Waals surface area contributed by atoms with Crippen LogP contribution in [-0.4, -0.2) is 11.1 Å². The van der Waals surface area contributed by atoms with Crippen LogP contribution < -0.4 is 9.47 Å². The molecule has 4 nitrogen and oxygen atoms in total. The van der Waals surface area contributed by atoms with Crippen molar-refractivity contribution < 1.29 is 19.4 Å². The number of carbonyl (C=O) groups is 1. The number of benzene rings is 3. The molecule has 0 atom stereocenters. The average molecular weight is 455 g/mol. The topological polar surface area (TPSA) is 55.8 Å². The van der Waals surface area contributed by atoms with Gasteiger partial charge in [0.15, 0.2) is 5.75 Å². The Bertz CT molecular complexity index is 990. The monoisotopic (exact) mass is 454 g/mol. The van der Waals surface area contributed by atoms with Gasteiger partial charge in [-0.25, -0.2) is 4.79 Å². The Labute approximate surface area is 179 Å². The van der Waals surface area contributed by atoms with Gasteiger partial charge >= 0.3 is 5.97 Å². The number of ether oxygens (including phenoxy) is 2. The zero-order chi connectivity index (χ0) is 21.0. The second kappa shape index (κ2) is 8.70. The molecule has 0 amide bonds. The molecule has 0 aliphatic heterocycles. The van der Waals surface area contributed by atoms with E-state index in [1.54, 1.807) is 30.3 Å². The minimum atomic E-state index is -1.04. The smallest absolute Gasteiger partial charge is 0.339 e. The van der Waals surface area contributed by atoms with Crippen LogP contribution in [-0.2, 0) is 12.0 Å². The van der Waals surface area contributed by atoms with Gasteiger partial charge in [-0.05, 0) is 62.8 Å². The third-order valence-electron chi connectivity index (χ3n) is 4.43. The van der Waals surface area contributed by atoms with E-state index in [2.05, 4.69) is 36.7 Å². The SMILES string of the molecule is CC(C)(C)c1ccc(C(=O)O)c(Oc2ccc(OCc3ccccc3)cc2)c1Br. The van der Waals surface area contributed by atoms with Crippen LogP contribution in [0.1, 0.15) is 42.3 Å². The highest BCUT2D eigenvalue weighted by atomic mass is 79.9. The van der Waals surface area contributed by atoms with Crippen LogP contribution in [0, 0.1) is 0 Å². The molecular weight excluding hydrogens is 432 g/mol. The van der Waals surface area contributed by atoms with Crippen LogP contribution in [0.15, 0.2) is 71.2 Å². The van der Waals surface area contributed by atoms with Crippen LogP contribution in [0.2, 0.25) is 0 Å². The van der Waals surface area contributed by atoms with Crippen LogP contribution in [0.25, 0.3) is 0 Å². The van der Waals surface area contributed by atoms with Crippen molar-refractivity contribution >= 4 is 21.9 Å². The summed E-state index contributed by atoms with van der Waals surface area (Å²) in [4.78, 5) is 11.7. The van der Waals surface area contributed by atoms with Gasteiger partial charge in [-0.3, -0.25) is 0 Å². The first kappa shape index (κ1) is 20.9. The zero-order valence-electron chi connectivity index (χ0n) is 16.6. The maximum Gasteiger partial charge on any atom is 0.339 e. The molecule has 0 saturated heterocycles. The molecule has 0 heterocycles. The third kappa shape index (κ3) is 5.18. The lowest BCUT2D eigenvalue weighted by atomic mass is 9.86. The Kier molecular flexibility index (Phi) is 6.28. The Morgan fingerprint density at radius 1 is 0.931 bits per heavy atom. The summed E-state index contributed by atoms with van der Waals surface area (Å²) in [7, 11) is 0. The summed E-state index contributed by atoms with van der Waals surface area (Å²) >= 11 is 3.55.